The first-order valence-corrected chi connectivity index (χ1v) is 12.1. The molecule has 1 N–H and O–H groups in total. The molecule has 1 amide bonds. The molecule has 4 aromatic rings. The van der Waals surface area contributed by atoms with Crippen LogP contribution in [-0.4, -0.2) is 22.3 Å². The molecule has 3 aromatic carbocycles. The Morgan fingerprint density at radius 3 is 2.23 bits per heavy atom. The van der Waals surface area contributed by atoms with Crippen LogP contribution in [0.4, 0.5) is 5.69 Å². The fourth-order valence-electron chi connectivity index (χ4n) is 3.76. The Labute approximate surface area is 211 Å². The smallest absolute Gasteiger partial charge is 0.273 e. The molecular formula is C29H30ClN3O2. The van der Waals surface area contributed by atoms with E-state index < -0.39 is 0 Å². The molecule has 0 bridgehead atoms. The highest BCUT2D eigenvalue weighted by Gasteiger charge is 2.18. The number of nitrogens with one attached hydrogen (secondary N) is 1. The number of carbonyl (C=O) groups is 1. The zero-order valence-corrected chi connectivity index (χ0v) is 21.3. The minimum atomic E-state index is -0.229. The fourth-order valence-corrected chi connectivity index (χ4v) is 3.89. The van der Waals surface area contributed by atoms with Gasteiger partial charge in [-0.25, -0.2) is 0 Å². The van der Waals surface area contributed by atoms with Gasteiger partial charge in [-0.1, -0.05) is 68.8 Å². The van der Waals surface area contributed by atoms with Gasteiger partial charge in [0.05, 0.1) is 18.8 Å². The predicted molar refractivity (Wildman–Crippen MR) is 142 cm³/mol. The third-order valence-electron chi connectivity index (χ3n) is 5.73. The number of aromatic nitrogens is 2. The fraction of sp³-hybridized carbons (Fsp3) is 0.241. The van der Waals surface area contributed by atoms with E-state index in [1.807, 2.05) is 61.5 Å². The van der Waals surface area contributed by atoms with Crippen molar-refractivity contribution in [2.75, 3.05) is 11.9 Å². The van der Waals surface area contributed by atoms with Gasteiger partial charge in [-0.05, 0) is 65.9 Å². The number of hydrogen-bond acceptors (Lipinski definition) is 3. The van der Waals surface area contributed by atoms with Gasteiger partial charge in [0.25, 0.3) is 5.91 Å². The lowest BCUT2D eigenvalue weighted by Gasteiger charge is -2.19. The molecule has 0 aliphatic heterocycles. The Hall–Kier alpha value is -3.57. The first-order valence-electron chi connectivity index (χ1n) is 11.7. The van der Waals surface area contributed by atoms with Crippen LogP contribution in [0.2, 0.25) is 5.02 Å². The molecule has 0 atom stereocenters. The van der Waals surface area contributed by atoms with Gasteiger partial charge >= 0.3 is 0 Å². The number of amides is 1. The minimum Gasteiger partial charge on any atom is -0.494 e. The molecular weight excluding hydrogens is 458 g/mol. The van der Waals surface area contributed by atoms with Gasteiger partial charge in [-0.3, -0.25) is 9.48 Å². The molecule has 0 spiro atoms. The molecule has 0 saturated heterocycles. The molecule has 0 saturated carbocycles. The summed E-state index contributed by atoms with van der Waals surface area (Å²) in [4.78, 5) is 13.3. The normalized spacial score (nSPS) is 11.3. The van der Waals surface area contributed by atoms with Crippen LogP contribution in [0.15, 0.2) is 78.9 Å². The summed E-state index contributed by atoms with van der Waals surface area (Å²) in [5.74, 6) is 0.535. The van der Waals surface area contributed by atoms with E-state index in [0.29, 0.717) is 35.2 Å². The largest absolute Gasteiger partial charge is 0.494 e. The summed E-state index contributed by atoms with van der Waals surface area (Å²) in [5, 5.41) is 8.40. The lowest BCUT2D eigenvalue weighted by molar-refractivity contribution is 0.101. The van der Waals surface area contributed by atoms with Gasteiger partial charge in [0.15, 0.2) is 0 Å². The molecule has 0 aliphatic rings. The molecule has 180 valence electrons. The lowest BCUT2D eigenvalue weighted by atomic mass is 9.87. The highest BCUT2D eigenvalue weighted by Crippen LogP contribution is 2.25. The Kier molecular flexibility index (Phi) is 7.27. The van der Waals surface area contributed by atoms with Crippen molar-refractivity contribution in [3.63, 3.8) is 0 Å². The maximum absolute atomic E-state index is 13.3. The number of rotatable bonds is 7. The zero-order chi connectivity index (χ0) is 25.0. The van der Waals surface area contributed by atoms with Crippen LogP contribution >= 0.6 is 11.6 Å². The van der Waals surface area contributed by atoms with E-state index in [-0.39, 0.29) is 11.3 Å². The maximum Gasteiger partial charge on any atom is 0.273 e. The predicted octanol–water partition coefficient (Wildman–Crippen LogP) is 7.20. The van der Waals surface area contributed by atoms with E-state index in [2.05, 4.69) is 50.4 Å². The Morgan fingerprint density at radius 2 is 1.63 bits per heavy atom. The number of anilines is 1. The molecule has 0 aliphatic carbocycles. The standard InChI is InChI=1S/C29H30ClN3O2/c1-5-35-25-16-14-24(15-17-25)31-28(34)27-18-26(21-8-12-23(30)13-9-21)32-33(27)19-20-6-10-22(11-7-20)29(2,3)4/h6-18H,5,19H2,1-4H3,(H,31,34). The Morgan fingerprint density at radius 1 is 0.971 bits per heavy atom. The quantitative estimate of drug-likeness (QED) is 0.300. The SMILES string of the molecule is CCOc1ccc(NC(=O)c2cc(-c3ccc(Cl)cc3)nn2Cc2ccc(C(C)(C)C)cc2)cc1. The molecule has 4 rings (SSSR count). The van der Waals surface area contributed by atoms with Crippen LogP contribution in [0.3, 0.4) is 0 Å². The second kappa shape index (κ2) is 10.4. The average molecular weight is 488 g/mol. The highest BCUT2D eigenvalue weighted by atomic mass is 35.5. The van der Waals surface area contributed by atoms with Crippen molar-refractivity contribution in [3.05, 3.63) is 101 Å². The number of hydrogen-bond donors (Lipinski definition) is 1. The molecule has 0 fully saturated rings. The molecule has 0 radical (unpaired) electrons. The van der Waals surface area contributed by atoms with E-state index in [1.54, 1.807) is 4.68 Å². The van der Waals surface area contributed by atoms with Crippen molar-refractivity contribution in [1.82, 2.24) is 9.78 Å². The monoisotopic (exact) mass is 487 g/mol. The molecule has 6 heteroatoms. The van der Waals surface area contributed by atoms with E-state index in [0.717, 1.165) is 16.9 Å². The van der Waals surface area contributed by atoms with Gasteiger partial charge in [-0.2, -0.15) is 5.10 Å². The highest BCUT2D eigenvalue weighted by molar-refractivity contribution is 6.30. The second-order valence-corrected chi connectivity index (χ2v) is 9.87. The summed E-state index contributed by atoms with van der Waals surface area (Å²) in [7, 11) is 0. The van der Waals surface area contributed by atoms with Crippen molar-refractivity contribution in [2.45, 2.75) is 39.7 Å². The number of carbonyl (C=O) groups excluding carboxylic acids is 1. The summed E-state index contributed by atoms with van der Waals surface area (Å²) in [6, 6.07) is 25.1. The minimum absolute atomic E-state index is 0.0781. The van der Waals surface area contributed by atoms with Crippen molar-refractivity contribution >= 4 is 23.2 Å². The first-order chi connectivity index (χ1) is 16.7. The van der Waals surface area contributed by atoms with Gasteiger partial charge in [-0.15, -0.1) is 0 Å². The van der Waals surface area contributed by atoms with Crippen molar-refractivity contribution in [1.29, 1.82) is 0 Å². The number of benzene rings is 3. The molecule has 0 unspecified atom stereocenters. The van der Waals surface area contributed by atoms with E-state index >= 15 is 0 Å². The van der Waals surface area contributed by atoms with Crippen LogP contribution in [0, 0.1) is 0 Å². The number of halogens is 1. The molecule has 5 nitrogen and oxygen atoms in total. The van der Waals surface area contributed by atoms with E-state index in [4.69, 9.17) is 21.4 Å². The maximum atomic E-state index is 13.3. The van der Waals surface area contributed by atoms with Crippen LogP contribution in [0.25, 0.3) is 11.3 Å². The molecule has 35 heavy (non-hydrogen) atoms. The summed E-state index contributed by atoms with van der Waals surface area (Å²) in [5.41, 5.74) is 5.18. The van der Waals surface area contributed by atoms with E-state index in [1.165, 1.54) is 5.56 Å². The summed E-state index contributed by atoms with van der Waals surface area (Å²) in [6.45, 7) is 9.58. The summed E-state index contributed by atoms with van der Waals surface area (Å²) < 4.78 is 7.24. The molecule has 1 aromatic heterocycles. The number of nitrogens with zero attached hydrogens (tertiary/aromatic N) is 2. The first kappa shape index (κ1) is 24.6. The van der Waals surface area contributed by atoms with Crippen LogP contribution in [0.1, 0.15) is 49.3 Å². The van der Waals surface area contributed by atoms with Crippen molar-refractivity contribution < 1.29 is 9.53 Å². The summed E-state index contributed by atoms with van der Waals surface area (Å²) in [6.07, 6.45) is 0. The number of ether oxygens (including phenoxy) is 1. The van der Waals surface area contributed by atoms with Crippen molar-refractivity contribution in [2.24, 2.45) is 0 Å². The average Bonchev–Trinajstić information content (AvgIpc) is 3.24. The van der Waals surface area contributed by atoms with E-state index in [9.17, 15) is 4.79 Å². The van der Waals surface area contributed by atoms with Crippen LogP contribution in [-0.2, 0) is 12.0 Å². The van der Waals surface area contributed by atoms with Gasteiger partial charge in [0.2, 0.25) is 0 Å². The Balaban J connectivity index is 1.63. The van der Waals surface area contributed by atoms with Crippen LogP contribution < -0.4 is 10.1 Å². The topological polar surface area (TPSA) is 56.1 Å². The third-order valence-corrected chi connectivity index (χ3v) is 5.98. The van der Waals surface area contributed by atoms with Crippen molar-refractivity contribution in [3.8, 4) is 17.0 Å². The lowest BCUT2D eigenvalue weighted by Crippen LogP contribution is -2.18. The third kappa shape index (κ3) is 6.11. The zero-order valence-electron chi connectivity index (χ0n) is 20.5. The van der Waals surface area contributed by atoms with Gasteiger partial charge in [0.1, 0.15) is 11.4 Å². The molecule has 1 heterocycles. The Bertz CT molecular complexity index is 1290. The van der Waals surface area contributed by atoms with Crippen LogP contribution in [0.5, 0.6) is 5.75 Å². The second-order valence-electron chi connectivity index (χ2n) is 9.44. The van der Waals surface area contributed by atoms with Gasteiger partial charge < -0.3 is 10.1 Å². The van der Waals surface area contributed by atoms with Gasteiger partial charge in [0, 0.05) is 16.3 Å². The summed E-state index contributed by atoms with van der Waals surface area (Å²) >= 11 is 6.06.